The van der Waals surface area contributed by atoms with Crippen LogP contribution in [0.5, 0.6) is 0 Å². The Kier molecular flexibility index (Phi) is 2.85. The smallest absolute Gasteiger partial charge is 0.180 e. The molecule has 0 nitrogen and oxygen atoms in total. The Morgan fingerprint density at radius 3 is 2.93 bits per heavy atom. The van der Waals surface area contributed by atoms with E-state index in [9.17, 15) is 4.39 Å². The summed E-state index contributed by atoms with van der Waals surface area (Å²) in [5.41, 5.74) is 1.69. The lowest BCUT2D eigenvalue weighted by atomic mass is 10.1. The van der Waals surface area contributed by atoms with Crippen LogP contribution in [0.3, 0.4) is 0 Å². The van der Waals surface area contributed by atoms with Crippen LogP contribution in [0.25, 0.3) is 0 Å². The fraction of sp³-hybridized carbons (Fsp3) is 0.0909. The minimum atomic E-state index is -0.162. The van der Waals surface area contributed by atoms with Crippen LogP contribution in [0.2, 0.25) is 5.02 Å². The lowest BCUT2D eigenvalue weighted by Gasteiger charge is -1.99. The first-order chi connectivity index (χ1) is 6.75. The molecule has 1 heterocycles. The molecule has 0 aliphatic rings. The largest absolute Gasteiger partial charge is 0.195 e. The van der Waals surface area contributed by atoms with Gasteiger partial charge in [0.25, 0.3) is 0 Å². The lowest BCUT2D eigenvalue weighted by Crippen LogP contribution is -1.87. The molecule has 0 saturated carbocycles. The minimum Gasteiger partial charge on any atom is -0.195 e. The molecule has 3 heteroatoms. The van der Waals surface area contributed by atoms with Gasteiger partial charge >= 0.3 is 0 Å². The van der Waals surface area contributed by atoms with Crippen LogP contribution >= 0.6 is 22.9 Å². The van der Waals surface area contributed by atoms with Gasteiger partial charge in [0, 0.05) is 22.4 Å². The van der Waals surface area contributed by atoms with Crippen molar-refractivity contribution in [2.75, 3.05) is 0 Å². The molecule has 0 aliphatic heterocycles. The minimum absolute atomic E-state index is 0.162. The van der Waals surface area contributed by atoms with Gasteiger partial charge in [-0.05, 0) is 23.8 Å². The van der Waals surface area contributed by atoms with Crippen LogP contribution in [0.15, 0.2) is 30.3 Å². The molecule has 2 aromatic rings. The summed E-state index contributed by atoms with van der Waals surface area (Å²) in [6.07, 6.45) is 0.576. The van der Waals surface area contributed by atoms with Crippen LogP contribution in [0.4, 0.5) is 4.39 Å². The average Bonchev–Trinajstić information content (AvgIpc) is 2.52. The number of halogens is 2. The highest BCUT2D eigenvalue weighted by Crippen LogP contribution is 2.19. The van der Waals surface area contributed by atoms with Gasteiger partial charge in [-0.25, -0.2) is 0 Å². The highest BCUT2D eigenvalue weighted by Gasteiger charge is 2.04. The molecule has 1 aromatic heterocycles. The van der Waals surface area contributed by atoms with Crippen LogP contribution in [-0.2, 0) is 6.42 Å². The highest BCUT2D eigenvalue weighted by molar-refractivity contribution is 7.07. The second-order valence-corrected chi connectivity index (χ2v) is 4.20. The van der Waals surface area contributed by atoms with E-state index in [1.165, 1.54) is 0 Å². The van der Waals surface area contributed by atoms with Gasteiger partial charge in [0.15, 0.2) is 5.13 Å². The SMILES string of the molecule is Fc1s[c]cc1Cc1cccc(Cl)c1. The molecule has 0 bridgehead atoms. The Bertz CT molecular complexity index is 436. The van der Waals surface area contributed by atoms with Gasteiger partial charge in [0.05, 0.1) is 0 Å². The van der Waals surface area contributed by atoms with Crippen molar-refractivity contribution in [3.63, 3.8) is 0 Å². The Morgan fingerprint density at radius 2 is 2.29 bits per heavy atom. The Hall–Kier alpha value is -0.860. The summed E-state index contributed by atoms with van der Waals surface area (Å²) in [6.45, 7) is 0. The first-order valence-corrected chi connectivity index (χ1v) is 5.34. The zero-order chi connectivity index (χ0) is 9.97. The summed E-state index contributed by atoms with van der Waals surface area (Å²) >= 11 is 6.83. The van der Waals surface area contributed by atoms with E-state index < -0.39 is 0 Å². The molecule has 2 rings (SSSR count). The maximum Gasteiger partial charge on any atom is 0.180 e. The second kappa shape index (κ2) is 4.11. The van der Waals surface area contributed by atoms with E-state index in [0.717, 1.165) is 16.9 Å². The molecule has 0 N–H and O–H groups in total. The molecular formula is C11H7ClFS. The third-order valence-corrected chi connectivity index (χ3v) is 2.83. The van der Waals surface area contributed by atoms with E-state index in [-0.39, 0.29) is 5.13 Å². The molecule has 14 heavy (non-hydrogen) atoms. The zero-order valence-electron chi connectivity index (χ0n) is 7.26. The molecule has 1 radical (unpaired) electrons. The van der Waals surface area contributed by atoms with E-state index in [0.29, 0.717) is 17.0 Å². The fourth-order valence-corrected chi connectivity index (χ4v) is 2.04. The van der Waals surface area contributed by atoms with E-state index in [2.05, 4.69) is 5.38 Å². The predicted molar refractivity (Wildman–Crippen MR) is 57.4 cm³/mol. The molecule has 0 aliphatic carbocycles. The number of benzene rings is 1. The predicted octanol–water partition coefficient (Wildman–Crippen LogP) is 3.93. The fourth-order valence-electron chi connectivity index (χ4n) is 1.26. The summed E-state index contributed by atoms with van der Waals surface area (Å²) in [7, 11) is 0. The van der Waals surface area contributed by atoms with Crippen LogP contribution in [-0.4, -0.2) is 0 Å². The van der Waals surface area contributed by atoms with Gasteiger partial charge in [-0.15, -0.1) is 11.3 Å². The van der Waals surface area contributed by atoms with Crippen molar-refractivity contribution in [1.82, 2.24) is 0 Å². The van der Waals surface area contributed by atoms with E-state index >= 15 is 0 Å². The second-order valence-electron chi connectivity index (χ2n) is 2.97. The molecule has 0 amide bonds. The maximum absolute atomic E-state index is 13.1. The summed E-state index contributed by atoms with van der Waals surface area (Å²) in [5.74, 6) is 0. The molecule has 0 fully saturated rings. The Labute approximate surface area is 91.0 Å². The number of thiophene rings is 1. The highest BCUT2D eigenvalue weighted by atomic mass is 35.5. The summed E-state index contributed by atoms with van der Waals surface area (Å²) in [4.78, 5) is 0. The van der Waals surface area contributed by atoms with E-state index in [1.54, 1.807) is 12.1 Å². The molecular weight excluding hydrogens is 219 g/mol. The number of hydrogen-bond donors (Lipinski definition) is 0. The average molecular weight is 226 g/mol. The van der Waals surface area contributed by atoms with Crippen molar-refractivity contribution >= 4 is 22.9 Å². The van der Waals surface area contributed by atoms with Crippen molar-refractivity contribution in [2.45, 2.75) is 6.42 Å². The first kappa shape index (κ1) is 9.69. The Morgan fingerprint density at radius 1 is 1.43 bits per heavy atom. The zero-order valence-corrected chi connectivity index (χ0v) is 8.83. The van der Waals surface area contributed by atoms with Crippen LogP contribution in [0, 0.1) is 10.5 Å². The van der Waals surface area contributed by atoms with Gasteiger partial charge in [-0.3, -0.25) is 0 Å². The van der Waals surface area contributed by atoms with Gasteiger partial charge in [-0.1, -0.05) is 23.7 Å². The Balaban J connectivity index is 2.23. The molecule has 0 saturated heterocycles. The normalized spacial score (nSPS) is 10.4. The quantitative estimate of drug-likeness (QED) is 0.727. The summed E-state index contributed by atoms with van der Waals surface area (Å²) in [6, 6.07) is 9.13. The summed E-state index contributed by atoms with van der Waals surface area (Å²) in [5, 5.41) is 3.29. The molecule has 0 spiro atoms. The van der Waals surface area contributed by atoms with Crippen molar-refractivity contribution in [2.24, 2.45) is 0 Å². The molecule has 0 unspecified atom stereocenters. The van der Waals surface area contributed by atoms with E-state index in [1.807, 2.05) is 18.2 Å². The van der Waals surface area contributed by atoms with Crippen molar-refractivity contribution < 1.29 is 4.39 Å². The number of hydrogen-bond acceptors (Lipinski definition) is 1. The monoisotopic (exact) mass is 225 g/mol. The third kappa shape index (κ3) is 2.14. The van der Waals surface area contributed by atoms with Gasteiger partial charge in [0.2, 0.25) is 0 Å². The molecule has 71 valence electrons. The lowest BCUT2D eigenvalue weighted by molar-refractivity contribution is 0.644. The van der Waals surface area contributed by atoms with E-state index in [4.69, 9.17) is 11.6 Å². The van der Waals surface area contributed by atoms with Gasteiger partial charge < -0.3 is 0 Å². The maximum atomic E-state index is 13.1. The standard InChI is InChI=1S/C11H7ClFS/c12-10-3-1-2-8(7-10)6-9-4-5-14-11(9)13/h1-4,7H,6H2. The topological polar surface area (TPSA) is 0 Å². The van der Waals surface area contributed by atoms with Crippen LogP contribution in [0.1, 0.15) is 11.1 Å². The third-order valence-electron chi connectivity index (χ3n) is 1.92. The molecule has 1 aromatic carbocycles. The number of rotatable bonds is 2. The molecule has 0 atom stereocenters. The van der Waals surface area contributed by atoms with Gasteiger partial charge in [0.1, 0.15) is 0 Å². The summed E-state index contributed by atoms with van der Waals surface area (Å²) < 4.78 is 13.1. The van der Waals surface area contributed by atoms with Crippen molar-refractivity contribution in [1.29, 1.82) is 0 Å². The van der Waals surface area contributed by atoms with Crippen molar-refractivity contribution in [3.8, 4) is 0 Å². The van der Waals surface area contributed by atoms with Crippen LogP contribution < -0.4 is 0 Å². The van der Waals surface area contributed by atoms with Crippen molar-refractivity contribution in [3.05, 3.63) is 57.0 Å². The van der Waals surface area contributed by atoms with Gasteiger partial charge in [-0.2, -0.15) is 4.39 Å². The first-order valence-electron chi connectivity index (χ1n) is 4.14.